The molecule has 3 rings (SSSR count). The van der Waals surface area contributed by atoms with Gasteiger partial charge in [-0.3, -0.25) is 9.69 Å². The van der Waals surface area contributed by atoms with Crippen molar-refractivity contribution in [1.29, 1.82) is 0 Å². The second-order valence-corrected chi connectivity index (χ2v) is 5.25. The summed E-state index contributed by atoms with van der Waals surface area (Å²) >= 11 is 0. The van der Waals surface area contributed by atoms with E-state index in [9.17, 15) is 0 Å². The minimum Gasteiger partial charge on any atom is -0.483 e. The van der Waals surface area contributed by atoms with Crippen LogP contribution in [0.1, 0.15) is 25.5 Å². The molecule has 120 valence electrons. The molecule has 1 saturated heterocycles. The summed E-state index contributed by atoms with van der Waals surface area (Å²) in [4.78, 5) is 18.7. The van der Waals surface area contributed by atoms with Crippen molar-refractivity contribution < 1.29 is 14.6 Å². The maximum Gasteiger partial charge on any atom is 0.290 e. The van der Waals surface area contributed by atoms with Gasteiger partial charge in [0.1, 0.15) is 5.65 Å². The van der Waals surface area contributed by atoms with Gasteiger partial charge in [-0.1, -0.05) is 0 Å². The molecule has 1 fully saturated rings. The van der Waals surface area contributed by atoms with E-state index in [1.54, 1.807) is 0 Å². The number of fused-ring (bicyclic) bond motifs is 1. The number of rotatable bonds is 4. The van der Waals surface area contributed by atoms with Crippen LogP contribution in [0.15, 0.2) is 24.4 Å². The van der Waals surface area contributed by atoms with E-state index in [1.807, 2.05) is 6.20 Å². The molecule has 2 aromatic rings. The number of piperidine rings is 1. The van der Waals surface area contributed by atoms with Gasteiger partial charge in [-0.15, -0.1) is 0 Å². The normalized spacial score (nSPS) is 16.2. The van der Waals surface area contributed by atoms with Crippen molar-refractivity contribution in [1.82, 2.24) is 14.9 Å². The third-order valence-corrected chi connectivity index (χ3v) is 3.79. The molecule has 0 atom stereocenters. The molecular formula is C16H23N3O3. The van der Waals surface area contributed by atoms with Crippen molar-refractivity contribution in [2.45, 2.75) is 32.4 Å². The van der Waals surface area contributed by atoms with Crippen molar-refractivity contribution in [3.63, 3.8) is 0 Å². The number of likely N-dealkylation sites (tertiary alicyclic amines) is 1. The zero-order valence-electron chi connectivity index (χ0n) is 12.9. The Morgan fingerprint density at radius 3 is 2.82 bits per heavy atom. The molecule has 22 heavy (non-hydrogen) atoms. The third kappa shape index (κ3) is 4.54. The molecule has 0 radical (unpaired) electrons. The molecule has 0 aliphatic carbocycles. The maximum atomic E-state index is 8.36. The topological polar surface area (TPSA) is 78.5 Å². The first-order valence-corrected chi connectivity index (χ1v) is 7.61. The fraction of sp³-hybridized carbons (Fsp3) is 0.500. The van der Waals surface area contributed by atoms with E-state index in [1.165, 1.54) is 5.39 Å². The lowest BCUT2D eigenvalue weighted by molar-refractivity contribution is -0.122. The highest BCUT2D eigenvalue weighted by atomic mass is 16.5. The summed E-state index contributed by atoms with van der Waals surface area (Å²) in [5.74, 6) is 0. The fourth-order valence-electron chi connectivity index (χ4n) is 2.76. The first-order chi connectivity index (χ1) is 10.8. The summed E-state index contributed by atoms with van der Waals surface area (Å²) < 4.78 is 5.68. The molecule has 6 nitrogen and oxygen atoms in total. The van der Waals surface area contributed by atoms with Crippen molar-refractivity contribution in [3.05, 3.63) is 30.1 Å². The van der Waals surface area contributed by atoms with E-state index in [2.05, 4.69) is 40.0 Å². The van der Waals surface area contributed by atoms with Gasteiger partial charge >= 0.3 is 0 Å². The number of nitrogens with one attached hydrogen (secondary N) is 1. The number of nitrogens with zero attached hydrogens (tertiary/aromatic N) is 2. The molecule has 0 saturated carbocycles. The van der Waals surface area contributed by atoms with Crippen molar-refractivity contribution in [2.24, 2.45) is 0 Å². The quantitative estimate of drug-likeness (QED) is 0.847. The molecule has 2 aromatic heterocycles. The Hall–Kier alpha value is -1.92. The second kappa shape index (κ2) is 8.51. The van der Waals surface area contributed by atoms with Gasteiger partial charge in [0.25, 0.3) is 6.47 Å². The maximum absolute atomic E-state index is 8.36. The summed E-state index contributed by atoms with van der Waals surface area (Å²) in [6.45, 7) is 5.80. The number of H-pyrrole nitrogens is 1. The predicted octanol–water partition coefficient (Wildman–Crippen LogP) is 2.26. The van der Waals surface area contributed by atoms with Crippen LogP contribution in [-0.2, 0) is 16.1 Å². The summed E-state index contributed by atoms with van der Waals surface area (Å²) in [6.07, 6.45) is 4.67. The Kier molecular flexibility index (Phi) is 6.36. The van der Waals surface area contributed by atoms with Crippen LogP contribution < -0.4 is 0 Å². The minimum atomic E-state index is -0.250. The first-order valence-electron chi connectivity index (χ1n) is 7.61. The van der Waals surface area contributed by atoms with Crippen LogP contribution in [0.3, 0.4) is 0 Å². The van der Waals surface area contributed by atoms with E-state index in [0.717, 1.165) is 50.4 Å². The van der Waals surface area contributed by atoms with E-state index < -0.39 is 0 Å². The smallest absolute Gasteiger partial charge is 0.290 e. The van der Waals surface area contributed by atoms with E-state index in [4.69, 9.17) is 14.6 Å². The van der Waals surface area contributed by atoms with Crippen molar-refractivity contribution >= 4 is 17.5 Å². The van der Waals surface area contributed by atoms with Crippen LogP contribution in [0.5, 0.6) is 0 Å². The number of pyridine rings is 1. The number of carbonyl (C=O) groups is 1. The lowest BCUT2D eigenvalue weighted by Crippen LogP contribution is -2.36. The Bertz CT molecular complexity index is 577. The second-order valence-electron chi connectivity index (χ2n) is 5.25. The number of aromatic amines is 1. The number of aromatic nitrogens is 2. The highest BCUT2D eigenvalue weighted by Gasteiger charge is 2.19. The lowest BCUT2D eigenvalue weighted by Gasteiger charge is -2.31. The average molecular weight is 305 g/mol. The summed E-state index contributed by atoms with van der Waals surface area (Å²) in [5.41, 5.74) is 2.13. The molecule has 2 N–H and O–H groups in total. The Morgan fingerprint density at radius 2 is 2.14 bits per heavy atom. The molecule has 0 amide bonds. The standard InChI is InChI=1S/C15H21N3O.CH2O2/c1-2-19-14-6-9-18(10-7-14)11-13-4-3-12-5-8-16-15(12)17-13;2-1-3/h3-5,8,14H,2,6-7,9-11H2,1H3,(H,16,17);1H,(H,2,3). The molecular weight excluding hydrogens is 282 g/mol. The SMILES string of the molecule is CCOC1CCN(Cc2ccc3cc[nH]c3n2)CC1.O=CO. The molecule has 1 aliphatic heterocycles. The van der Waals surface area contributed by atoms with Crippen LogP contribution in [0.2, 0.25) is 0 Å². The zero-order chi connectivity index (χ0) is 15.8. The molecule has 0 bridgehead atoms. The number of hydrogen-bond acceptors (Lipinski definition) is 4. The summed E-state index contributed by atoms with van der Waals surface area (Å²) in [5, 5.41) is 8.07. The van der Waals surface area contributed by atoms with Gasteiger partial charge in [-0.25, -0.2) is 4.98 Å². The van der Waals surface area contributed by atoms with Crippen molar-refractivity contribution in [3.8, 4) is 0 Å². The third-order valence-electron chi connectivity index (χ3n) is 3.79. The van der Waals surface area contributed by atoms with Gasteiger partial charge in [0.05, 0.1) is 11.8 Å². The lowest BCUT2D eigenvalue weighted by atomic mass is 10.1. The summed E-state index contributed by atoms with van der Waals surface area (Å²) in [6, 6.07) is 6.33. The zero-order valence-corrected chi connectivity index (χ0v) is 12.9. The van der Waals surface area contributed by atoms with Gasteiger partial charge in [0, 0.05) is 37.8 Å². The molecule has 0 aromatic carbocycles. The van der Waals surface area contributed by atoms with E-state index in [-0.39, 0.29) is 6.47 Å². The van der Waals surface area contributed by atoms with Crippen LogP contribution in [0, 0.1) is 0 Å². The highest BCUT2D eigenvalue weighted by Crippen LogP contribution is 2.17. The fourth-order valence-corrected chi connectivity index (χ4v) is 2.76. The predicted molar refractivity (Wildman–Crippen MR) is 84.7 cm³/mol. The van der Waals surface area contributed by atoms with Crippen LogP contribution in [0.4, 0.5) is 0 Å². The summed E-state index contributed by atoms with van der Waals surface area (Å²) in [7, 11) is 0. The molecule has 3 heterocycles. The van der Waals surface area contributed by atoms with Crippen LogP contribution >= 0.6 is 0 Å². The number of ether oxygens (including phenoxy) is 1. The Balaban J connectivity index is 0.000000545. The Labute approximate surface area is 130 Å². The van der Waals surface area contributed by atoms with Gasteiger partial charge in [0.2, 0.25) is 0 Å². The molecule has 0 unspecified atom stereocenters. The van der Waals surface area contributed by atoms with Crippen LogP contribution in [0.25, 0.3) is 11.0 Å². The molecule has 1 aliphatic rings. The molecule has 6 heteroatoms. The number of carboxylic acid groups (broad SMARTS) is 1. The van der Waals surface area contributed by atoms with Gasteiger partial charge in [0.15, 0.2) is 0 Å². The van der Waals surface area contributed by atoms with Crippen LogP contribution in [-0.4, -0.2) is 52.2 Å². The van der Waals surface area contributed by atoms with Gasteiger partial charge in [-0.05, 0) is 38.0 Å². The molecule has 0 spiro atoms. The Morgan fingerprint density at radius 1 is 1.41 bits per heavy atom. The van der Waals surface area contributed by atoms with Gasteiger partial charge in [-0.2, -0.15) is 0 Å². The minimum absolute atomic E-state index is 0.250. The average Bonchev–Trinajstić information content (AvgIpc) is 2.98. The van der Waals surface area contributed by atoms with Gasteiger partial charge < -0.3 is 14.8 Å². The van der Waals surface area contributed by atoms with E-state index in [0.29, 0.717) is 6.10 Å². The highest BCUT2D eigenvalue weighted by molar-refractivity contribution is 5.75. The monoisotopic (exact) mass is 305 g/mol. The number of hydrogen-bond donors (Lipinski definition) is 2. The first kappa shape index (κ1) is 16.5. The van der Waals surface area contributed by atoms with E-state index >= 15 is 0 Å². The largest absolute Gasteiger partial charge is 0.483 e. The van der Waals surface area contributed by atoms with Crippen molar-refractivity contribution in [2.75, 3.05) is 19.7 Å².